The number of nitrogens with zero attached hydrogens (tertiary/aromatic N) is 1. The van der Waals surface area contributed by atoms with Gasteiger partial charge in [-0.2, -0.15) is 12.7 Å². The third-order valence-corrected chi connectivity index (χ3v) is 4.08. The van der Waals surface area contributed by atoms with Crippen molar-refractivity contribution in [1.29, 1.82) is 0 Å². The Morgan fingerprint density at radius 2 is 1.77 bits per heavy atom. The largest absolute Gasteiger partial charge is 0.338 e. The van der Waals surface area contributed by atoms with E-state index in [1.165, 1.54) is 17.8 Å². The van der Waals surface area contributed by atoms with E-state index in [0.29, 0.717) is 0 Å². The molecule has 0 spiro atoms. The van der Waals surface area contributed by atoms with E-state index in [0.717, 1.165) is 25.7 Å². The third kappa shape index (κ3) is 2.65. The van der Waals surface area contributed by atoms with Crippen LogP contribution in [-0.2, 0) is 14.5 Å². The maximum atomic E-state index is 11.3. The van der Waals surface area contributed by atoms with E-state index in [1.54, 1.807) is 7.05 Å². The van der Waals surface area contributed by atoms with E-state index >= 15 is 0 Å². The molecule has 1 saturated carbocycles. The van der Waals surface area contributed by atoms with Crippen LogP contribution in [0.25, 0.3) is 0 Å². The lowest BCUT2D eigenvalue weighted by molar-refractivity contribution is 0.249. The van der Waals surface area contributed by atoms with Gasteiger partial charge in [0.25, 0.3) is 0 Å². The first-order valence-corrected chi connectivity index (χ1v) is 5.98. The van der Waals surface area contributed by atoms with E-state index in [-0.39, 0.29) is 6.04 Å². The predicted octanol–water partition coefficient (Wildman–Crippen LogP) is 1.14. The first-order chi connectivity index (χ1) is 6.08. The van der Waals surface area contributed by atoms with Crippen molar-refractivity contribution in [2.24, 2.45) is 0 Å². The number of hydrogen-bond donors (Lipinski definition) is 0. The summed E-state index contributed by atoms with van der Waals surface area (Å²) in [7, 11) is -0.669. The molecule has 0 radical (unpaired) electrons. The molecule has 0 unspecified atom stereocenters. The van der Waals surface area contributed by atoms with Crippen LogP contribution in [0.5, 0.6) is 0 Å². The normalized spacial score (nSPS) is 20.8. The molecule has 0 aliphatic heterocycles. The van der Waals surface area contributed by atoms with Gasteiger partial charge in [0.05, 0.1) is 7.11 Å². The van der Waals surface area contributed by atoms with Crippen molar-refractivity contribution >= 4 is 10.3 Å². The van der Waals surface area contributed by atoms with Crippen LogP contribution >= 0.6 is 0 Å². The Hall–Kier alpha value is -0.130. The van der Waals surface area contributed by atoms with Gasteiger partial charge in [0.15, 0.2) is 0 Å². The van der Waals surface area contributed by atoms with Crippen LogP contribution in [0.4, 0.5) is 0 Å². The molecule has 0 saturated heterocycles. The van der Waals surface area contributed by atoms with Crippen LogP contribution in [-0.4, -0.2) is 32.9 Å². The average Bonchev–Trinajstić information content (AvgIpc) is 2.18. The van der Waals surface area contributed by atoms with E-state index in [4.69, 9.17) is 0 Å². The fourth-order valence-corrected chi connectivity index (χ4v) is 2.56. The first-order valence-electron chi connectivity index (χ1n) is 4.61. The Labute approximate surface area is 80.1 Å². The highest BCUT2D eigenvalue weighted by Crippen LogP contribution is 2.23. The summed E-state index contributed by atoms with van der Waals surface area (Å²) in [5, 5.41) is 0. The molecular weight excluding hydrogens is 190 g/mol. The van der Waals surface area contributed by atoms with Crippen LogP contribution in [0, 0.1) is 0 Å². The van der Waals surface area contributed by atoms with Gasteiger partial charge in [-0.15, -0.1) is 0 Å². The second-order valence-electron chi connectivity index (χ2n) is 3.43. The lowest BCUT2D eigenvalue weighted by Gasteiger charge is -2.29. The Morgan fingerprint density at radius 1 is 1.23 bits per heavy atom. The molecule has 0 N–H and O–H groups in total. The summed E-state index contributed by atoms with van der Waals surface area (Å²) in [6.07, 6.45) is 5.37. The summed E-state index contributed by atoms with van der Waals surface area (Å²) in [4.78, 5) is 0. The summed E-state index contributed by atoms with van der Waals surface area (Å²) in [6, 6.07) is 0.138. The van der Waals surface area contributed by atoms with E-state index in [9.17, 15) is 8.42 Å². The standard InChI is InChI=1S/C8H17NO3S/c1-9(13(10,11)12-2)8-6-4-3-5-7-8/h8H,3-7H2,1-2H3. The summed E-state index contributed by atoms with van der Waals surface area (Å²) in [6.45, 7) is 0. The quantitative estimate of drug-likeness (QED) is 0.697. The second-order valence-corrected chi connectivity index (χ2v) is 5.20. The molecule has 0 aromatic heterocycles. The third-order valence-electron chi connectivity index (χ3n) is 2.65. The van der Waals surface area contributed by atoms with Gasteiger partial charge in [-0.3, -0.25) is 4.18 Å². The highest BCUT2D eigenvalue weighted by molar-refractivity contribution is 7.84. The molecular formula is C8H17NO3S. The fourth-order valence-electron chi connectivity index (χ4n) is 1.74. The van der Waals surface area contributed by atoms with Crippen molar-refractivity contribution < 1.29 is 12.6 Å². The Morgan fingerprint density at radius 3 is 2.23 bits per heavy atom. The molecule has 1 fully saturated rings. The Balaban J connectivity index is 2.60. The first kappa shape index (κ1) is 10.9. The topological polar surface area (TPSA) is 46.6 Å². The van der Waals surface area contributed by atoms with Crippen LogP contribution in [0.15, 0.2) is 0 Å². The molecule has 4 nitrogen and oxygen atoms in total. The molecule has 1 aliphatic carbocycles. The fraction of sp³-hybridized carbons (Fsp3) is 1.00. The zero-order valence-electron chi connectivity index (χ0n) is 8.19. The minimum Gasteiger partial charge on any atom is -0.261 e. The lowest BCUT2D eigenvalue weighted by atomic mass is 9.96. The zero-order chi connectivity index (χ0) is 9.90. The van der Waals surface area contributed by atoms with Gasteiger partial charge in [0, 0.05) is 13.1 Å². The second kappa shape index (κ2) is 4.39. The van der Waals surface area contributed by atoms with Crippen molar-refractivity contribution in [3.05, 3.63) is 0 Å². The molecule has 5 heteroatoms. The van der Waals surface area contributed by atoms with Gasteiger partial charge < -0.3 is 0 Å². The van der Waals surface area contributed by atoms with Crippen molar-refractivity contribution in [1.82, 2.24) is 4.31 Å². The number of hydrogen-bond acceptors (Lipinski definition) is 3. The Bertz CT molecular complexity index is 244. The van der Waals surface area contributed by atoms with Crippen molar-refractivity contribution in [2.75, 3.05) is 14.2 Å². The Kier molecular flexibility index (Phi) is 3.70. The van der Waals surface area contributed by atoms with Crippen LogP contribution in [0.3, 0.4) is 0 Å². The molecule has 1 rings (SSSR count). The van der Waals surface area contributed by atoms with Crippen LogP contribution in [0.1, 0.15) is 32.1 Å². The molecule has 1 aliphatic rings. The summed E-state index contributed by atoms with van der Waals surface area (Å²) < 4.78 is 28.4. The highest BCUT2D eigenvalue weighted by atomic mass is 32.2. The van der Waals surface area contributed by atoms with Crippen LogP contribution in [0.2, 0.25) is 0 Å². The van der Waals surface area contributed by atoms with E-state index < -0.39 is 10.3 Å². The van der Waals surface area contributed by atoms with Gasteiger partial charge >= 0.3 is 10.3 Å². The van der Waals surface area contributed by atoms with E-state index in [1.807, 2.05) is 0 Å². The zero-order valence-corrected chi connectivity index (χ0v) is 9.01. The molecule has 0 amide bonds. The average molecular weight is 207 g/mol. The van der Waals surface area contributed by atoms with Gasteiger partial charge in [-0.1, -0.05) is 19.3 Å². The maximum Gasteiger partial charge on any atom is 0.338 e. The number of rotatable bonds is 3. The molecule has 0 heterocycles. The van der Waals surface area contributed by atoms with Crippen molar-refractivity contribution in [2.45, 2.75) is 38.1 Å². The predicted molar refractivity (Wildman–Crippen MR) is 50.6 cm³/mol. The summed E-state index contributed by atoms with van der Waals surface area (Å²) in [5.74, 6) is 0. The molecule has 0 aromatic rings. The van der Waals surface area contributed by atoms with Gasteiger partial charge in [0.1, 0.15) is 0 Å². The smallest absolute Gasteiger partial charge is 0.261 e. The summed E-state index contributed by atoms with van der Waals surface area (Å²) in [5.41, 5.74) is 0. The summed E-state index contributed by atoms with van der Waals surface area (Å²) >= 11 is 0. The maximum absolute atomic E-state index is 11.3. The van der Waals surface area contributed by atoms with Gasteiger partial charge in [0.2, 0.25) is 0 Å². The molecule has 0 atom stereocenters. The molecule has 0 bridgehead atoms. The van der Waals surface area contributed by atoms with Gasteiger partial charge in [-0.25, -0.2) is 0 Å². The van der Waals surface area contributed by atoms with Crippen LogP contribution < -0.4 is 0 Å². The molecule has 0 aromatic carbocycles. The van der Waals surface area contributed by atoms with Crippen molar-refractivity contribution in [3.63, 3.8) is 0 Å². The van der Waals surface area contributed by atoms with Crippen molar-refractivity contribution in [3.8, 4) is 0 Å². The lowest BCUT2D eigenvalue weighted by Crippen LogP contribution is -2.38. The minimum atomic E-state index is -3.46. The van der Waals surface area contributed by atoms with E-state index in [2.05, 4.69) is 4.18 Å². The minimum absolute atomic E-state index is 0.138. The monoisotopic (exact) mass is 207 g/mol. The SMILES string of the molecule is COS(=O)(=O)N(C)C1CCCCC1. The molecule has 78 valence electrons. The van der Waals surface area contributed by atoms with Gasteiger partial charge in [-0.05, 0) is 12.8 Å². The highest BCUT2D eigenvalue weighted by Gasteiger charge is 2.26. The molecule has 13 heavy (non-hydrogen) atoms.